The largest absolute Gasteiger partial charge is 0.374 e. The smallest absolute Gasteiger partial charge is 0.158 e. The van der Waals surface area contributed by atoms with Gasteiger partial charge in [-0.2, -0.15) is 0 Å². The Kier molecular flexibility index (Phi) is 4.08. The van der Waals surface area contributed by atoms with Crippen LogP contribution in [0.1, 0.15) is 24.1 Å². The zero-order chi connectivity index (χ0) is 13.8. The fourth-order valence-electron chi connectivity index (χ4n) is 1.67. The SMILES string of the molecule is CCOCc1nc(NN)cc(-n2cnc(C)c2C)n1. The first-order chi connectivity index (χ1) is 9.15. The Morgan fingerprint density at radius 1 is 1.37 bits per heavy atom. The van der Waals surface area contributed by atoms with E-state index in [0.29, 0.717) is 24.9 Å². The van der Waals surface area contributed by atoms with Crippen molar-refractivity contribution in [1.82, 2.24) is 19.5 Å². The van der Waals surface area contributed by atoms with Crippen molar-refractivity contribution in [2.24, 2.45) is 5.84 Å². The molecule has 0 aliphatic carbocycles. The predicted molar refractivity (Wildman–Crippen MR) is 71.8 cm³/mol. The van der Waals surface area contributed by atoms with E-state index in [4.69, 9.17) is 10.6 Å². The van der Waals surface area contributed by atoms with Gasteiger partial charge in [0.05, 0.1) is 5.69 Å². The van der Waals surface area contributed by atoms with E-state index in [1.54, 1.807) is 12.4 Å². The maximum absolute atomic E-state index is 5.43. The molecule has 19 heavy (non-hydrogen) atoms. The van der Waals surface area contributed by atoms with Crippen LogP contribution in [0.3, 0.4) is 0 Å². The monoisotopic (exact) mass is 262 g/mol. The summed E-state index contributed by atoms with van der Waals surface area (Å²) in [7, 11) is 0. The lowest BCUT2D eigenvalue weighted by atomic mass is 10.3. The molecule has 0 unspecified atom stereocenters. The summed E-state index contributed by atoms with van der Waals surface area (Å²) in [5.74, 6) is 7.28. The maximum atomic E-state index is 5.43. The summed E-state index contributed by atoms with van der Waals surface area (Å²) in [6.45, 7) is 6.83. The Labute approximate surface area is 111 Å². The van der Waals surface area contributed by atoms with Gasteiger partial charge in [0, 0.05) is 18.4 Å². The third kappa shape index (κ3) is 2.88. The van der Waals surface area contributed by atoms with Gasteiger partial charge in [-0.3, -0.25) is 4.57 Å². The van der Waals surface area contributed by atoms with Gasteiger partial charge in [0.2, 0.25) is 0 Å². The highest BCUT2D eigenvalue weighted by Gasteiger charge is 2.09. The van der Waals surface area contributed by atoms with Crippen LogP contribution in [0.4, 0.5) is 5.82 Å². The number of nitrogens with two attached hydrogens (primary N) is 1. The zero-order valence-corrected chi connectivity index (χ0v) is 11.3. The number of nitrogens with one attached hydrogen (secondary N) is 1. The van der Waals surface area contributed by atoms with Crippen molar-refractivity contribution in [2.75, 3.05) is 12.0 Å². The molecule has 0 aliphatic heterocycles. The number of hydrogen-bond donors (Lipinski definition) is 2. The van der Waals surface area contributed by atoms with E-state index in [1.165, 1.54) is 0 Å². The minimum absolute atomic E-state index is 0.353. The maximum Gasteiger partial charge on any atom is 0.158 e. The Balaban J connectivity index is 2.41. The van der Waals surface area contributed by atoms with E-state index in [1.807, 2.05) is 25.3 Å². The van der Waals surface area contributed by atoms with Gasteiger partial charge in [-0.15, -0.1) is 0 Å². The highest BCUT2D eigenvalue weighted by atomic mass is 16.5. The molecule has 0 fully saturated rings. The van der Waals surface area contributed by atoms with E-state index >= 15 is 0 Å². The first-order valence-electron chi connectivity index (χ1n) is 6.09. The molecule has 0 bridgehead atoms. The molecule has 0 radical (unpaired) electrons. The second-order valence-corrected chi connectivity index (χ2v) is 4.09. The number of imidazole rings is 1. The van der Waals surface area contributed by atoms with Gasteiger partial charge in [0.1, 0.15) is 24.6 Å². The summed E-state index contributed by atoms with van der Waals surface area (Å²) in [6, 6.07) is 1.77. The van der Waals surface area contributed by atoms with E-state index < -0.39 is 0 Å². The van der Waals surface area contributed by atoms with Gasteiger partial charge in [-0.25, -0.2) is 20.8 Å². The third-order valence-corrected chi connectivity index (χ3v) is 2.84. The van der Waals surface area contributed by atoms with Crippen LogP contribution >= 0.6 is 0 Å². The summed E-state index contributed by atoms with van der Waals surface area (Å²) in [6.07, 6.45) is 1.73. The van der Waals surface area contributed by atoms with Crippen molar-refractivity contribution in [1.29, 1.82) is 0 Å². The normalized spacial score (nSPS) is 10.7. The minimum atomic E-state index is 0.353. The van der Waals surface area contributed by atoms with E-state index in [2.05, 4.69) is 20.4 Å². The molecule has 0 aromatic carbocycles. The molecule has 7 heteroatoms. The average molecular weight is 262 g/mol. The molecule has 2 aromatic heterocycles. The van der Waals surface area contributed by atoms with Crippen molar-refractivity contribution in [3.05, 3.63) is 29.6 Å². The number of rotatable bonds is 5. The topological polar surface area (TPSA) is 90.9 Å². The summed E-state index contributed by atoms with van der Waals surface area (Å²) < 4.78 is 7.22. The first-order valence-corrected chi connectivity index (χ1v) is 6.09. The minimum Gasteiger partial charge on any atom is -0.374 e. The van der Waals surface area contributed by atoms with Gasteiger partial charge in [-0.05, 0) is 20.8 Å². The molecular formula is C12H18N6O. The summed E-state index contributed by atoms with van der Waals surface area (Å²) in [4.78, 5) is 13.0. The van der Waals surface area contributed by atoms with Crippen LogP contribution in [0.15, 0.2) is 12.4 Å². The molecule has 0 saturated heterocycles. The molecule has 7 nitrogen and oxygen atoms in total. The fourth-order valence-corrected chi connectivity index (χ4v) is 1.67. The molecule has 0 atom stereocenters. The summed E-state index contributed by atoms with van der Waals surface area (Å²) in [5, 5.41) is 0. The Hall–Kier alpha value is -1.99. The van der Waals surface area contributed by atoms with Crippen LogP contribution < -0.4 is 11.3 Å². The quantitative estimate of drug-likeness (QED) is 0.619. The number of aryl methyl sites for hydroxylation is 1. The van der Waals surface area contributed by atoms with Gasteiger partial charge in [0.15, 0.2) is 5.82 Å². The van der Waals surface area contributed by atoms with Crippen LogP contribution in [0.5, 0.6) is 0 Å². The van der Waals surface area contributed by atoms with Gasteiger partial charge in [0.25, 0.3) is 0 Å². The summed E-state index contributed by atoms with van der Waals surface area (Å²) in [5.41, 5.74) is 4.54. The lowest BCUT2D eigenvalue weighted by molar-refractivity contribution is 0.128. The third-order valence-electron chi connectivity index (χ3n) is 2.84. The van der Waals surface area contributed by atoms with Crippen molar-refractivity contribution >= 4 is 5.82 Å². The van der Waals surface area contributed by atoms with Crippen LogP contribution in [-0.4, -0.2) is 26.1 Å². The van der Waals surface area contributed by atoms with Crippen molar-refractivity contribution in [2.45, 2.75) is 27.4 Å². The Morgan fingerprint density at radius 3 is 2.74 bits per heavy atom. The van der Waals surface area contributed by atoms with E-state index in [-0.39, 0.29) is 0 Å². The van der Waals surface area contributed by atoms with Gasteiger partial charge >= 0.3 is 0 Å². The molecule has 0 amide bonds. The van der Waals surface area contributed by atoms with E-state index in [0.717, 1.165) is 17.2 Å². The number of nitrogen functional groups attached to an aromatic ring is 1. The molecule has 3 N–H and O–H groups in total. The second-order valence-electron chi connectivity index (χ2n) is 4.09. The number of ether oxygens (including phenoxy) is 1. The standard InChI is InChI=1S/C12H18N6O/c1-4-19-6-11-15-10(17-13)5-12(16-11)18-7-14-8(2)9(18)3/h5,7H,4,6,13H2,1-3H3,(H,15,16,17). The number of hydrogen-bond acceptors (Lipinski definition) is 6. The lowest BCUT2D eigenvalue weighted by Gasteiger charge is -2.09. The Bertz CT molecular complexity index is 565. The lowest BCUT2D eigenvalue weighted by Crippen LogP contribution is -2.13. The van der Waals surface area contributed by atoms with Crippen molar-refractivity contribution in [3.8, 4) is 5.82 Å². The summed E-state index contributed by atoms with van der Waals surface area (Å²) >= 11 is 0. The molecule has 0 aliphatic rings. The molecule has 0 spiro atoms. The highest BCUT2D eigenvalue weighted by Crippen LogP contribution is 2.15. The van der Waals surface area contributed by atoms with Gasteiger partial charge in [-0.1, -0.05) is 0 Å². The van der Waals surface area contributed by atoms with Crippen molar-refractivity contribution < 1.29 is 4.74 Å². The Morgan fingerprint density at radius 2 is 2.16 bits per heavy atom. The van der Waals surface area contributed by atoms with Crippen molar-refractivity contribution in [3.63, 3.8) is 0 Å². The molecule has 0 saturated carbocycles. The number of anilines is 1. The van der Waals surface area contributed by atoms with Gasteiger partial charge < -0.3 is 10.2 Å². The molecule has 2 rings (SSSR count). The fraction of sp³-hybridized carbons (Fsp3) is 0.417. The molecular weight excluding hydrogens is 244 g/mol. The first kappa shape index (κ1) is 13.4. The van der Waals surface area contributed by atoms with Crippen LogP contribution in [0, 0.1) is 13.8 Å². The average Bonchev–Trinajstić information content (AvgIpc) is 2.76. The van der Waals surface area contributed by atoms with Crippen LogP contribution in [-0.2, 0) is 11.3 Å². The molecule has 102 valence electrons. The predicted octanol–water partition coefficient (Wildman–Crippen LogP) is 1.10. The number of hydrazine groups is 1. The highest BCUT2D eigenvalue weighted by molar-refractivity contribution is 5.41. The second kappa shape index (κ2) is 5.77. The molecule has 2 aromatic rings. The number of aromatic nitrogens is 4. The van der Waals surface area contributed by atoms with E-state index in [9.17, 15) is 0 Å². The number of nitrogens with zero attached hydrogens (tertiary/aromatic N) is 4. The van der Waals surface area contributed by atoms with Crippen LogP contribution in [0.25, 0.3) is 5.82 Å². The molecule has 2 heterocycles. The zero-order valence-electron chi connectivity index (χ0n) is 11.3. The van der Waals surface area contributed by atoms with Crippen LogP contribution in [0.2, 0.25) is 0 Å².